The van der Waals surface area contributed by atoms with E-state index in [1.807, 2.05) is 36.4 Å². The van der Waals surface area contributed by atoms with E-state index in [1.165, 1.54) is 13.1 Å². The summed E-state index contributed by atoms with van der Waals surface area (Å²) in [6, 6.07) is 18.3. The zero-order valence-corrected chi connectivity index (χ0v) is 14.2. The number of carbonyl (C=O) groups is 2. The van der Waals surface area contributed by atoms with E-state index in [0.29, 0.717) is 17.8 Å². The molecule has 5 heteroatoms. The molecule has 126 valence electrons. The number of nitriles is 1. The van der Waals surface area contributed by atoms with Crippen molar-refractivity contribution in [2.24, 2.45) is 0 Å². The van der Waals surface area contributed by atoms with Gasteiger partial charge in [0.1, 0.15) is 11.6 Å². The van der Waals surface area contributed by atoms with E-state index in [-0.39, 0.29) is 11.4 Å². The van der Waals surface area contributed by atoms with Gasteiger partial charge < -0.3 is 10.2 Å². The Kier molecular flexibility index (Phi) is 6.08. The Hall–Kier alpha value is -3.39. The summed E-state index contributed by atoms with van der Waals surface area (Å²) in [4.78, 5) is 25.5. The Labute approximate surface area is 147 Å². The number of amides is 1. The molecule has 0 unspecified atom stereocenters. The fourth-order valence-corrected chi connectivity index (χ4v) is 2.29. The molecular weight excluding hydrogens is 314 g/mol. The molecular formula is C20H19N3O2. The molecule has 0 heterocycles. The number of Topliss-reactive ketones (excluding diaryl/α,β-unsaturated/α-hetero) is 1. The zero-order valence-electron chi connectivity index (χ0n) is 14.2. The maximum atomic E-state index is 12.3. The lowest BCUT2D eigenvalue weighted by Crippen LogP contribution is -2.18. The number of nitrogens with zero attached hydrogens (tertiary/aromatic N) is 2. The van der Waals surface area contributed by atoms with E-state index in [2.05, 4.69) is 5.32 Å². The van der Waals surface area contributed by atoms with Gasteiger partial charge in [-0.3, -0.25) is 9.59 Å². The Balaban J connectivity index is 2.09. The number of benzene rings is 2. The third-order valence-corrected chi connectivity index (χ3v) is 3.52. The van der Waals surface area contributed by atoms with Crippen LogP contribution in [0.3, 0.4) is 0 Å². The van der Waals surface area contributed by atoms with Crippen LogP contribution < -0.4 is 5.32 Å². The molecule has 0 aliphatic heterocycles. The maximum Gasteiger partial charge on any atom is 0.267 e. The Morgan fingerprint density at radius 2 is 1.88 bits per heavy atom. The predicted molar refractivity (Wildman–Crippen MR) is 96.7 cm³/mol. The lowest BCUT2D eigenvalue weighted by Gasteiger charge is -2.15. The van der Waals surface area contributed by atoms with Crippen LogP contribution in [0.2, 0.25) is 0 Å². The van der Waals surface area contributed by atoms with Crippen LogP contribution >= 0.6 is 0 Å². The molecule has 0 aromatic heterocycles. The van der Waals surface area contributed by atoms with Crippen LogP contribution in [0.15, 0.2) is 66.4 Å². The molecule has 2 aromatic rings. The molecule has 2 rings (SSSR count). The van der Waals surface area contributed by atoms with Gasteiger partial charge in [-0.15, -0.1) is 0 Å². The fraction of sp³-hybridized carbons (Fsp3) is 0.150. The molecule has 0 saturated heterocycles. The number of anilines is 1. The summed E-state index contributed by atoms with van der Waals surface area (Å²) < 4.78 is 0. The van der Waals surface area contributed by atoms with Crippen LogP contribution in [-0.2, 0) is 11.3 Å². The Morgan fingerprint density at radius 3 is 2.52 bits per heavy atom. The molecule has 2 aromatic carbocycles. The summed E-state index contributed by atoms with van der Waals surface area (Å²) in [5.74, 6) is -0.599. The molecule has 5 nitrogen and oxygen atoms in total. The smallest absolute Gasteiger partial charge is 0.267 e. The van der Waals surface area contributed by atoms with Gasteiger partial charge in [0.05, 0.1) is 0 Å². The van der Waals surface area contributed by atoms with Gasteiger partial charge in [0.25, 0.3) is 5.91 Å². The summed E-state index contributed by atoms with van der Waals surface area (Å²) in [7, 11) is 1.80. The molecule has 0 fully saturated rings. The SMILES string of the molecule is CC(=O)c1cccc(NC(=O)/C(C#N)=C\N(C)Cc2ccccc2)c1. The molecule has 25 heavy (non-hydrogen) atoms. The second-order valence-electron chi connectivity index (χ2n) is 5.65. The summed E-state index contributed by atoms with van der Waals surface area (Å²) in [6.07, 6.45) is 1.51. The first kappa shape index (κ1) is 18.0. The van der Waals surface area contributed by atoms with Crippen LogP contribution in [0, 0.1) is 11.3 Å². The van der Waals surface area contributed by atoms with Crippen LogP contribution in [0.1, 0.15) is 22.8 Å². The summed E-state index contributed by atoms with van der Waals surface area (Å²) in [5.41, 5.74) is 2.05. The Bertz CT molecular complexity index is 836. The van der Waals surface area contributed by atoms with E-state index in [1.54, 1.807) is 36.2 Å². The van der Waals surface area contributed by atoms with E-state index in [4.69, 9.17) is 0 Å². The van der Waals surface area contributed by atoms with Crippen molar-refractivity contribution in [1.82, 2.24) is 4.90 Å². The van der Waals surface area contributed by atoms with Gasteiger partial charge in [-0.05, 0) is 24.6 Å². The topological polar surface area (TPSA) is 73.2 Å². The monoisotopic (exact) mass is 333 g/mol. The van der Waals surface area contributed by atoms with Crippen molar-refractivity contribution in [3.8, 4) is 6.07 Å². The molecule has 0 aliphatic rings. The number of hydrogen-bond donors (Lipinski definition) is 1. The van der Waals surface area contributed by atoms with Crippen molar-refractivity contribution in [2.45, 2.75) is 13.5 Å². The fourth-order valence-electron chi connectivity index (χ4n) is 2.29. The minimum absolute atomic E-state index is 0.00772. The second kappa shape index (κ2) is 8.46. The minimum Gasteiger partial charge on any atom is -0.375 e. The molecule has 0 radical (unpaired) electrons. The largest absolute Gasteiger partial charge is 0.375 e. The first-order chi connectivity index (χ1) is 12.0. The highest BCUT2D eigenvalue weighted by molar-refractivity contribution is 6.07. The average Bonchev–Trinajstić information content (AvgIpc) is 2.60. The van der Waals surface area contributed by atoms with E-state index in [0.717, 1.165) is 5.56 Å². The normalized spacial score (nSPS) is 10.7. The number of ketones is 1. The van der Waals surface area contributed by atoms with Crippen molar-refractivity contribution >= 4 is 17.4 Å². The van der Waals surface area contributed by atoms with Crippen molar-refractivity contribution in [3.05, 3.63) is 77.5 Å². The molecule has 0 spiro atoms. The zero-order chi connectivity index (χ0) is 18.2. The molecule has 1 amide bonds. The Morgan fingerprint density at radius 1 is 1.16 bits per heavy atom. The number of carbonyl (C=O) groups excluding carboxylic acids is 2. The minimum atomic E-state index is -0.511. The molecule has 0 atom stereocenters. The third kappa shape index (κ3) is 5.33. The highest BCUT2D eigenvalue weighted by atomic mass is 16.1. The number of hydrogen-bond acceptors (Lipinski definition) is 4. The lowest BCUT2D eigenvalue weighted by atomic mass is 10.1. The van der Waals surface area contributed by atoms with Crippen molar-refractivity contribution in [2.75, 3.05) is 12.4 Å². The van der Waals surface area contributed by atoms with Crippen molar-refractivity contribution in [3.63, 3.8) is 0 Å². The van der Waals surface area contributed by atoms with Crippen LogP contribution in [0.25, 0.3) is 0 Å². The quantitative estimate of drug-likeness (QED) is 0.500. The maximum absolute atomic E-state index is 12.3. The van der Waals surface area contributed by atoms with Gasteiger partial charge in [0.2, 0.25) is 0 Å². The highest BCUT2D eigenvalue weighted by Gasteiger charge is 2.11. The standard InChI is InChI=1S/C20H19N3O2/c1-15(24)17-9-6-10-19(11-17)22-20(25)18(12-21)14-23(2)13-16-7-4-3-5-8-16/h3-11,14H,13H2,1-2H3,(H,22,25)/b18-14-. The van der Waals surface area contributed by atoms with Crippen LogP contribution in [0.4, 0.5) is 5.69 Å². The van der Waals surface area contributed by atoms with Gasteiger partial charge >= 0.3 is 0 Å². The van der Waals surface area contributed by atoms with Crippen LogP contribution in [0.5, 0.6) is 0 Å². The van der Waals surface area contributed by atoms with Crippen LogP contribution in [-0.4, -0.2) is 23.6 Å². The highest BCUT2D eigenvalue weighted by Crippen LogP contribution is 2.13. The van der Waals surface area contributed by atoms with E-state index >= 15 is 0 Å². The third-order valence-electron chi connectivity index (χ3n) is 3.52. The molecule has 0 aliphatic carbocycles. The molecule has 1 N–H and O–H groups in total. The van der Waals surface area contributed by atoms with E-state index < -0.39 is 5.91 Å². The van der Waals surface area contributed by atoms with Crippen molar-refractivity contribution < 1.29 is 9.59 Å². The molecule has 0 saturated carbocycles. The first-order valence-corrected chi connectivity index (χ1v) is 7.78. The summed E-state index contributed by atoms with van der Waals surface area (Å²) in [5, 5.41) is 11.9. The van der Waals surface area contributed by atoms with Gasteiger partial charge in [-0.1, -0.05) is 42.5 Å². The summed E-state index contributed by atoms with van der Waals surface area (Å²) in [6.45, 7) is 2.04. The average molecular weight is 333 g/mol. The van der Waals surface area contributed by atoms with Gasteiger partial charge in [0, 0.05) is 31.0 Å². The number of nitrogens with one attached hydrogen (secondary N) is 1. The molecule has 0 bridgehead atoms. The second-order valence-corrected chi connectivity index (χ2v) is 5.65. The van der Waals surface area contributed by atoms with Gasteiger partial charge in [0.15, 0.2) is 5.78 Å². The number of rotatable bonds is 6. The van der Waals surface area contributed by atoms with Gasteiger partial charge in [-0.2, -0.15) is 5.26 Å². The first-order valence-electron chi connectivity index (χ1n) is 7.78. The predicted octanol–water partition coefficient (Wildman–Crippen LogP) is 3.37. The van der Waals surface area contributed by atoms with Gasteiger partial charge in [-0.25, -0.2) is 0 Å². The van der Waals surface area contributed by atoms with Crippen molar-refractivity contribution in [1.29, 1.82) is 5.26 Å². The summed E-state index contributed by atoms with van der Waals surface area (Å²) >= 11 is 0. The van der Waals surface area contributed by atoms with E-state index in [9.17, 15) is 14.9 Å². The lowest BCUT2D eigenvalue weighted by molar-refractivity contribution is -0.112.